The number of pyridine rings is 1. The van der Waals surface area contributed by atoms with Crippen LogP contribution in [0.2, 0.25) is 0 Å². The van der Waals surface area contributed by atoms with E-state index in [0.717, 1.165) is 11.3 Å². The summed E-state index contributed by atoms with van der Waals surface area (Å²) in [6.07, 6.45) is 1.73. The van der Waals surface area contributed by atoms with E-state index < -0.39 is 0 Å². The SMILES string of the molecule is COc1ccc(CNC(=O)c2cc(NCc3ccccn3)nc(C)n2)cc1OC. The Hall–Kier alpha value is -3.68. The molecule has 0 atom stereocenters. The van der Waals surface area contributed by atoms with Crippen molar-refractivity contribution in [3.05, 3.63) is 71.4 Å². The summed E-state index contributed by atoms with van der Waals surface area (Å²) in [6, 6.07) is 12.8. The number of benzene rings is 1. The van der Waals surface area contributed by atoms with E-state index in [1.165, 1.54) is 0 Å². The van der Waals surface area contributed by atoms with Crippen LogP contribution < -0.4 is 20.1 Å². The van der Waals surface area contributed by atoms with Crippen LogP contribution in [0, 0.1) is 6.92 Å². The first kappa shape index (κ1) is 20.1. The molecule has 0 fully saturated rings. The van der Waals surface area contributed by atoms with E-state index in [1.807, 2.05) is 30.3 Å². The Morgan fingerprint density at radius 3 is 2.55 bits per heavy atom. The molecule has 8 nitrogen and oxygen atoms in total. The summed E-state index contributed by atoms with van der Waals surface area (Å²) in [6.45, 7) is 2.58. The summed E-state index contributed by atoms with van der Waals surface area (Å²) >= 11 is 0. The second-order valence-electron chi connectivity index (χ2n) is 6.23. The molecule has 0 bridgehead atoms. The van der Waals surface area contributed by atoms with Crippen molar-refractivity contribution in [2.75, 3.05) is 19.5 Å². The molecule has 1 amide bonds. The van der Waals surface area contributed by atoms with Crippen LogP contribution in [0.4, 0.5) is 5.82 Å². The molecule has 150 valence electrons. The lowest BCUT2D eigenvalue weighted by molar-refractivity contribution is 0.0945. The lowest BCUT2D eigenvalue weighted by atomic mass is 10.2. The number of carbonyl (C=O) groups is 1. The fourth-order valence-electron chi connectivity index (χ4n) is 2.72. The number of hydrogen-bond acceptors (Lipinski definition) is 7. The number of hydrogen-bond donors (Lipinski definition) is 2. The third-order valence-electron chi connectivity index (χ3n) is 4.15. The van der Waals surface area contributed by atoms with Crippen LogP contribution in [-0.2, 0) is 13.1 Å². The number of aromatic nitrogens is 3. The third-order valence-corrected chi connectivity index (χ3v) is 4.15. The van der Waals surface area contributed by atoms with Crippen LogP contribution in [-0.4, -0.2) is 35.1 Å². The smallest absolute Gasteiger partial charge is 0.270 e. The summed E-state index contributed by atoms with van der Waals surface area (Å²) < 4.78 is 10.5. The zero-order valence-electron chi connectivity index (χ0n) is 16.6. The summed E-state index contributed by atoms with van der Waals surface area (Å²) in [5, 5.41) is 6.04. The molecule has 2 aromatic heterocycles. The number of amides is 1. The first-order chi connectivity index (χ1) is 14.1. The van der Waals surface area contributed by atoms with Gasteiger partial charge in [0, 0.05) is 18.8 Å². The van der Waals surface area contributed by atoms with E-state index in [2.05, 4.69) is 25.6 Å². The zero-order chi connectivity index (χ0) is 20.6. The number of nitrogens with one attached hydrogen (secondary N) is 2. The molecule has 2 heterocycles. The first-order valence-electron chi connectivity index (χ1n) is 9.07. The maximum atomic E-state index is 12.6. The van der Waals surface area contributed by atoms with Crippen LogP contribution in [0.3, 0.4) is 0 Å². The molecule has 0 aliphatic rings. The van der Waals surface area contributed by atoms with Gasteiger partial charge in [0.2, 0.25) is 0 Å². The van der Waals surface area contributed by atoms with Gasteiger partial charge in [-0.25, -0.2) is 9.97 Å². The summed E-state index contributed by atoms with van der Waals surface area (Å²) in [4.78, 5) is 25.4. The number of nitrogens with zero attached hydrogens (tertiary/aromatic N) is 3. The largest absolute Gasteiger partial charge is 0.493 e. The van der Waals surface area contributed by atoms with Crippen molar-refractivity contribution < 1.29 is 14.3 Å². The van der Waals surface area contributed by atoms with Gasteiger partial charge in [0.15, 0.2) is 11.5 Å². The van der Waals surface area contributed by atoms with Crippen molar-refractivity contribution in [1.29, 1.82) is 0 Å². The summed E-state index contributed by atoms with van der Waals surface area (Å²) in [5.41, 5.74) is 2.06. The van der Waals surface area contributed by atoms with Crippen molar-refractivity contribution in [3.63, 3.8) is 0 Å². The van der Waals surface area contributed by atoms with Gasteiger partial charge in [-0.1, -0.05) is 12.1 Å². The Balaban J connectivity index is 1.65. The molecule has 0 aliphatic carbocycles. The normalized spacial score (nSPS) is 10.3. The Kier molecular flexibility index (Phi) is 6.57. The van der Waals surface area contributed by atoms with Crippen LogP contribution in [0.5, 0.6) is 11.5 Å². The highest BCUT2D eigenvalue weighted by Gasteiger charge is 2.12. The van der Waals surface area contributed by atoms with E-state index in [4.69, 9.17) is 9.47 Å². The molecule has 8 heteroatoms. The number of methoxy groups -OCH3 is 2. The highest BCUT2D eigenvalue weighted by molar-refractivity contribution is 5.92. The average molecular weight is 393 g/mol. The standard InChI is InChI=1S/C21H23N5O3/c1-14-25-17(11-20(26-14)23-13-16-6-4-5-9-22-16)21(27)24-12-15-7-8-18(28-2)19(10-15)29-3/h4-11H,12-13H2,1-3H3,(H,24,27)(H,23,25,26). The molecule has 0 aliphatic heterocycles. The van der Waals surface area contributed by atoms with Gasteiger partial charge >= 0.3 is 0 Å². The maximum absolute atomic E-state index is 12.6. The minimum absolute atomic E-state index is 0.286. The Morgan fingerprint density at radius 2 is 1.83 bits per heavy atom. The number of aryl methyl sites for hydroxylation is 1. The number of carbonyl (C=O) groups excluding carboxylic acids is 1. The molecule has 1 aromatic carbocycles. The van der Waals surface area contributed by atoms with E-state index >= 15 is 0 Å². The Labute approximate surface area is 169 Å². The molecule has 3 rings (SSSR count). The van der Waals surface area contributed by atoms with Crippen molar-refractivity contribution in [3.8, 4) is 11.5 Å². The molecule has 0 radical (unpaired) electrons. The molecule has 0 unspecified atom stereocenters. The topological polar surface area (TPSA) is 98.3 Å². The van der Waals surface area contributed by atoms with Crippen LogP contribution in [0.15, 0.2) is 48.7 Å². The second-order valence-corrected chi connectivity index (χ2v) is 6.23. The molecule has 0 spiro atoms. The van der Waals surface area contributed by atoms with Gasteiger partial charge in [-0.3, -0.25) is 9.78 Å². The third kappa shape index (κ3) is 5.41. The van der Waals surface area contributed by atoms with Gasteiger partial charge in [0.25, 0.3) is 5.91 Å². The number of anilines is 1. The first-order valence-corrected chi connectivity index (χ1v) is 9.07. The van der Waals surface area contributed by atoms with Gasteiger partial charge < -0.3 is 20.1 Å². The number of rotatable bonds is 8. The molecule has 2 N–H and O–H groups in total. The van der Waals surface area contributed by atoms with Gasteiger partial charge in [-0.15, -0.1) is 0 Å². The predicted octanol–water partition coefficient (Wildman–Crippen LogP) is 2.74. The summed E-state index contributed by atoms with van der Waals surface area (Å²) in [5.74, 6) is 2.04. The van der Waals surface area contributed by atoms with Gasteiger partial charge in [-0.05, 0) is 36.8 Å². The van der Waals surface area contributed by atoms with Gasteiger partial charge in [0.1, 0.15) is 17.3 Å². The molecule has 0 saturated heterocycles. The van der Waals surface area contributed by atoms with Crippen molar-refractivity contribution >= 4 is 11.7 Å². The van der Waals surface area contributed by atoms with E-state index in [1.54, 1.807) is 39.5 Å². The van der Waals surface area contributed by atoms with E-state index in [9.17, 15) is 4.79 Å². The highest BCUT2D eigenvalue weighted by Crippen LogP contribution is 2.27. The number of ether oxygens (including phenoxy) is 2. The molecule has 3 aromatic rings. The predicted molar refractivity (Wildman–Crippen MR) is 109 cm³/mol. The van der Waals surface area contributed by atoms with Crippen molar-refractivity contribution in [2.24, 2.45) is 0 Å². The lowest BCUT2D eigenvalue weighted by Crippen LogP contribution is -2.24. The fraction of sp³-hybridized carbons (Fsp3) is 0.238. The molecular formula is C21H23N5O3. The monoisotopic (exact) mass is 393 g/mol. The zero-order valence-corrected chi connectivity index (χ0v) is 16.6. The summed E-state index contributed by atoms with van der Waals surface area (Å²) in [7, 11) is 3.15. The lowest BCUT2D eigenvalue weighted by Gasteiger charge is -2.11. The highest BCUT2D eigenvalue weighted by atomic mass is 16.5. The Morgan fingerprint density at radius 1 is 1.00 bits per heavy atom. The minimum Gasteiger partial charge on any atom is -0.493 e. The van der Waals surface area contributed by atoms with Crippen molar-refractivity contribution in [1.82, 2.24) is 20.3 Å². The van der Waals surface area contributed by atoms with Gasteiger partial charge in [-0.2, -0.15) is 0 Å². The average Bonchev–Trinajstić information content (AvgIpc) is 2.76. The van der Waals surface area contributed by atoms with E-state index in [0.29, 0.717) is 41.9 Å². The quantitative estimate of drug-likeness (QED) is 0.607. The molecule has 29 heavy (non-hydrogen) atoms. The molecular weight excluding hydrogens is 370 g/mol. The van der Waals surface area contributed by atoms with Crippen LogP contribution in [0.1, 0.15) is 27.6 Å². The van der Waals surface area contributed by atoms with Crippen LogP contribution >= 0.6 is 0 Å². The van der Waals surface area contributed by atoms with Gasteiger partial charge in [0.05, 0.1) is 26.5 Å². The Bertz CT molecular complexity index is 979. The van der Waals surface area contributed by atoms with Crippen LogP contribution in [0.25, 0.3) is 0 Å². The molecule has 0 saturated carbocycles. The second kappa shape index (κ2) is 9.50. The van der Waals surface area contributed by atoms with E-state index in [-0.39, 0.29) is 5.91 Å². The fourth-order valence-corrected chi connectivity index (χ4v) is 2.72. The minimum atomic E-state index is -0.286. The maximum Gasteiger partial charge on any atom is 0.270 e. The van der Waals surface area contributed by atoms with Crippen molar-refractivity contribution in [2.45, 2.75) is 20.0 Å².